The molecule has 2 aromatic heterocycles. The summed E-state index contributed by atoms with van der Waals surface area (Å²) in [6, 6.07) is 5.37. The van der Waals surface area contributed by atoms with Crippen LogP contribution in [0.4, 0.5) is 5.69 Å². The van der Waals surface area contributed by atoms with Crippen LogP contribution in [0.1, 0.15) is 0 Å². The van der Waals surface area contributed by atoms with Gasteiger partial charge in [-0.05, 0) is 18.2 Å². The van der Waals surface area contributed by atoms with E-state index in [0.29, 0.717) is 6.73 Å². The van der Waals surface area contributed by atoms with Gasteiger partial charge in [-0.15, -0.1) is 0 Å². The van der Waals surface area contributed by atoms with E-state index in [0.717, 1.165) is 44.3 Å². The van der Waals surface area contributed by atoms with E-state index in [4.69, 9.17) is 4.74 Å². The lowest BCUT2D eigenvalue weighted by atomic mass is 10.2. The monoisotopic (exact) mass is 359 g/mol. The molecule has 0 bridgehead atoms. The Hall–Kier alpha value is -1.70. The van der Waals surface area contributed by atoms with Crippen molar-refractivity contribution in [1.29, 1.82) is 0 Å². The van der Waals surface area contributed by atoms with E-state index in [1.54, 1.807) is 0 Å². The van der Waals surface area contributed by atoms with Crippen molar-refractivity contribution in [2.45, 2.75) is 32.4 Å². The highest BCUT2D eigenvalue weighted by molar-refractivity contribution is 6.76. The van der Waals surface area contributed by atoms with Crippen LogP contribution in [0.2, 0.25) is 25.7 Å². The zero-order chi connectivity index (χ0) is 17.7. The lowest BCUT2D eigenvalue weighted by Gasteiger charge is -2.29. The van der Waals surface area contributed by atoms with Gasteiger partial charge >= 0.3 is 0 Å². The Labute approximate surface area is 151 Å². The third kappa shape index (κ3) is 5.13. The van der Waals surface area contributed by atoms with Gasteiger partial charge in [0.2, 0.25) is 0 Å². The molecule has 3 rings (SSSR count). The van der Waals surface area contributed by atoms with Gasteiger partial charge in [-0.25, -0.2) is 4.98 Å². The largest absolute Gasteiger partial charge is 0.368 e. The highest BCUT2D eigenvalue weighted by Crippen LogP contribution is 2.20. The van der Waals surface area contributed by atoms with Crippen molar-refractivity contribution in [1.82, 2.24) is 19.9 Å². The van der Waals surface area contributed by atoms with Gasteiger partial charge in [0.05, 0.1) is 11.9 Å². The first-order valence-corrected chi connectivity index (χ1v) is 12.7. The molecule has 0 saturated carbocycles. The second kappa shape index (κ2) is 8.12. The number of nitrogens with zero attached hydrogens (tertiary/aromatic N) is 4. The number of hydrogen-bond acceptors (Lipinski definition) is 5. The van der Waals surface area contributed by atoms with Crippen molar-refractivity contribution in [2.75, 3.05) is 37.7 Å². The van der Waals surface area contributed by atoms with Crippen molar-refractivity contribution in [3.05, 3.63) is 30.7 Å². The molecule has 0 radical (unpaired) electrons. The van der Waals surface area contributed by atoms with Crippen LogP contribution < -0.4 is 10.2 Å². The topological polar surface area (TPSA) is 55.2 Å². The van der Waals surface area contributed by atoms with E-state index in [1.165, 1.54) is 11.7 Å². The Morgan fingerprint density at radius 1 is 1.16 bits per heavy atom. The molecule has 136 valence electrons. The summed E-state index contributed by atoms with van der Waals surface area (Å²) in [6.07, 6.45) is 5.71. The van der Waals surface area contributed by atoms with Crippen LogP contribution in [0, 0.1) is 0 Å². The molecule has 1 N–H and O–H groups in total. The minimum absolute atomic E-state index is 0.529. The standard InChI is InChI=1S/C18H29N5OSi/c1-25(2,3)13-12-24-15-23-11-8-20-18(23)17-5-4-16(14-21-17)22-9-6-19-7-10-22/h4-5,8,11,14,19H,6-7,9-10,12-13,15H2,1-3H3. The molecular formula is C18H29N5OSi. The smallest absolute Gasteiger partial charge is 0.160 e. The molecule has 0 amide bonds. The molecule has 3 heterocycles. The van der Waals surface area contributed by atoms with Gasteiger partial charge in [-0.2, -0.15) is 0 Å². The van der Waals surface area contributed by atoms with Crippen molar-refractivity contribution >= 4 is 13.8 Å². The maximum Gasteiger partial charge on any atom is 0.160 e. The zero-order valence-electron chi connectivity index (χ0n) is 15.5. The van der Waals surface area contributed by atoms with Gasteiger partial charge in [0, 0.05) is 53.3 Å². The van der Waals surface area contributed by atoms with E-state index in [9.17, 15) is 0 Å². The SMILES string of the molecule is C[Si](C)(C)CCOCn1ccnc1-c1ccc(N2CCNCC2)cn1. The average Bonchev–Trinajstić information content (AvgIpc) is 3.07. The molecule has 25 heavy (non-hydrogen) atoms. The summed E-state index contributed by atoms with van der Waals surface area (Å²) >= 11 is 0. The number of piperazine rings is 1. The number of pyridine rings is 1. The summed E-state index contributed by atoms with van der Waals surface area (Å²) in [4.78, 5) is 11.5. The molecular weight excluding hydrogens is 330 g/mol. The minimum Gasteiger partial charge on any atom is -0.368 e. The Balaban J connectivity index is 1.61. The second-order valence-corrected chi connectivity index (χ2v) is 13.3. The number of ether oxygens (including phenoxy) is 1. The summed E-state index contributed by atoms with van der Waals surface area (Å²) < 4.78 is 7.87. The third-order valence-corrected chi connectivity index (χ3v) is 6.11. The molecule has 6 nitrogen and oxygen atoms in total. The number of hydrogen-bond donors (Lipinski definition) is 1. The van der Waals surface area contributed by atoms with Gasteiger partial charge in [0.25, 0.3) is 0 Å². The summed E-state index contributed by atoms with van der Waals surface area (Å²) in [7, 11) is -1.05. The Bertz CT molecular complexity index is 659. The summed E-state index contributed by atoms with van der Waals surface area (Å²) in [6.45, 7) is 12.5. The summed E-state index contributed by atoms with van der Waals surface area (Å²) in [5, 5.41) is 3.37. The van der Waals surface area contributed by atoms with Gasteiger partial charge in [0.1, 0.15) is 12.4 Å². The third-order valence-electron chi connectivity index (χ3n) is 4.40. The van der Waals surface area contributed by atoms with Crippen LogP contribution in [0.5, 0.6) is 0 Å². The van der Waals surface area contributed by atoms with Gasteiger partial charge in [-0.3, -0.25) is 4.98 Å². The molecule has 0 aromatic carbocycles. The lowest BCUT2D eigenvalue weighted by Crippen LogP contribution is -2.43. The van der Waals surface area contributed by atoms with E-state index >= 15 is 0 Å². The quantitative estimate of drug-likeness (QED) is 0.608. The predicted molar refractivity (Wildman–Crippen MR) is 105 cm³/mol. The Morgan fingerprint density at radius 3 is 2.64 bits per heavy atom. The van der Waals surface area contributed by atoms with Crippen LogP contribution >= 0.6 is 0 Å². The highest BCUT2D eigenvalue weighted by Gasteiger charge is 2.14. The van der Waals surface area contributed by atoms with E-state index in [2.05, 4.69) is 52.0 Å². The van der Waals surface area contributed by atoms with Gasteiger partial charge in [0.15, 0.2) is 5.82 Å². The molecule has 1 aliphatic rings. The maximum atomic E-state index is 5.85. The van der Waals surface area contributed by atoms with Crippen LogP contribution in [0.3, 0.4) is 0 Å². The molecule has 0 aliphatic carbocycles. The van der Waals surface area contributed by atoms with Crippen LogP contribution in [0.15, 0.2) is 30.7 Å². The number of imidazole rings is 1. The summed E-state index contributed by atoms with van der Waals surface area (Å²) in [5.41, 5.74) is 2.06. The second-order valence-electron chi connectivity index (χ2n) is 7.71. The lowest BCUT2D eigenvalue weighted by molar-refractivity contribution is 0.0882. The minimum atomic E-state index is -1.05. The Morgan fingerprint density at radius 2 is 1.96 bits per heavy atom. The molecule has 0 spiro atoms. The van der Waals surface area contributed by atoms with Crippen LogP contribution in [0.25, 0.3) is 11.5 Å². The predicted octanol–water partition coefficient (Wildman–Crippen LogP) is 2.67. The first-order valence-electron chi connectivity index (χ1n) is 9.04. The number of aromatic nitrogens is 3. The molecule has 1 saturated heterocycles. The van der Waals surface area contributed by atoms with Crippen LogP contribution in [-0.2, 0) is 11.5 Å². The first kappa shape index (κ1) is 18.1. The number of nitrogens with one attached hydrogen (secondary N) is 1. The highest BCUT2D eigenvalue weighted by atomic mass is 28.3. The Kier molecular flexibility index (Phi) is 5.88. The fraction of sp³-hybridized carbons (Fsp3) is 0.556. The van der Waals surface area contributed by atoms with E-state index in [-0.39, 0.29) is 0 Å². The maximum absolute atomic E-state index is 5.85. The number of rotatable bonds is 7. The molecule has 0 unspecified atom stereocenters. The number of anilines is 1. The van der Waals surface area contributed by atoms with Crippen molar-refractivity contribution in [3.8, 4) is 11.5 Å². The van der Waals surface area contributed by atoms with Crippen molar-refractivity contribution in [2.24, 2.45) is 0 Å². The molecule has 2 aromatic rings. The van der Waals surface area contributed by atoms with Crippen molar-refractivity contribution in [3.63, 3.8) is 0 Å². The van der Waals surface area contributed by atoms with Gasteiger partial charge in [-0.1, -0.05) is 19.6 Å². The molecule has 1 aliphatic heterocycles. The zero-order valence-corrected chi connectivity index (χ0v) is 16.5. The normalized spacial score (nSPS) is 15.6. The summed E-state index contributed by atoms with van der Waals surface area (Å²) in [5.74, 6) is 0.861. The molecule has 1 fully saturated rings. The first-order chi connectivity index (χ1) is 12.0. The molecule has 7 heteroatoms. The van der Waals surface area contributed by atoms with Crippen molar-refractivity contribution < 1.29 is 4.74 Å². The van der Waals surface area contributed by atoms with Crippen LogP contribution in [-0.4, -0.2) is 55.4 Å². The van der Waals surface area contributed by atoms with E-state index < -0.39 is 8.07 Å². The fourth-order valence-electron chi connectivity index (χ4n) is 2.82. The van der Waals surface area contributed by atoms with Gasteiger partial charge < -0.3 is 19.5 Å². The fourth-order valence-corrected chi connectivity index (χ4v) is 3.57. The average molecular weight is 360 g/mol. The molecule has 0 atom stereocenters. The van der Waals surface area contributed by atoms with E-state index in [1.807, 2.05) is 23.2 Å².